The number of hydrogen-bond acceptors (Lipinski definition) is 5. The molecule has 7 heteroatoms. The van der Waals surface area contributed by atoms with Gasteiger partial charge in [-0.2, -0.15) is 4.98 Å². The molecule has 0 bridgehead atoms. The molecule has 0 atom stereocenters. The first-order valence-corrected chi connectivity index (χ1v) is 8.96. The van der Waals surface area contributed by atoms with Gasteiger partial charge in [-0.25, -0.2) is 9.37 Å². The number of anilines is 3. The van der Waals surface area contributed by atoms with Crippen molar-refractivity contribution in [1.29, 1.82) is 0 Å². The second kappa shape index (κ2) is 8.94. The molecule has 3 rings (SSSR count). The van der Waals surface area contributed by atoms with E-state index >= 15 is 0 Å². The van der Waals surface area contributed by atoms with Crippen molar-refractivity contribution in [2.45, 2.75) is 20.3 Å². The molecule has 2 N–H and O–H groups in total. The zero-order chi connectivity index (χ0) is 19.9. The summed E-state index contributed by atoms with van der Waals surface area (Å²) < 4.78 is 18.8. The van der Waals surface area contributed by atoms with Gasteiger partial charge in [0.15, 0.2) is 0 Å². The van der Waals surface area contributed by atoms with Crippen molar-refractivity contribution in [2.75, 3.05) is 17.2 Å². The molecule has 1 aromatic heterocycles. The molecular weight excluding hydrogens is 359 g/mol. The molecule has 0 aliphatic carbocycles. The fraction of sp³-hybridized carbons (Fsp3) is 0.190. The molecule has 144 valence electrons. The molecule has 1 amide bonds. The van der Waals surface area contributed by atoms with Crippen LogP contribution < -0.4 is 15.4 Å². The third-order valence-corrected chi connectivity index (χ3v) is 3.77. The van der Waals surface area contributed by atoms with Gasteiger partial charge in [-0.05, 0) is 55.8 Å². The molecule has 6 nitrogen and oxygen atoms in total. The molecule has 0 saturated heterocycles. The normalized spacial score (nSPS) is 10.4. The highest BCUT2D eigenvalue weighted by atomic mass is 19.1. The van der Waals surface area contributed by atoms with Gasteiger partial charge in [0.2, 0.25) is 5.88 Å². The van der Waals surface area contributed by atoms with Gasteiger partial charge in [0, 0.05) is 23.0 Å². The average molecular weight is 380 g/mol. The van der Waals surface area contributed by atoms with Crippen LogP contribution in [0, 0.1) is 12.7 Å². The summed E-state index contributed by atoms with van der Waals surface area (Å²) in [6.07, 6.45) is 0.897. The minimum atomic E-state index is -0.449. The van der Waals surface area contributed by atoms with Gasteiger partial charge in [0.05, 0.1) is 6.61 Å². The first kappa shape index (κ1) is 19.3. The van der Waals surface area contributed by atoms with E-state index in [2.05, 4.69) is 20.6 Å². The highest BCUT2D eigenvalue weighted by molar-refractivity contribution is 6.04. The Morgan fingerprint density at radius 1 is 1.07 bits per heavy atom. The van der Waals surface area contributed by atoms with Crippen molar-refractivity contribution in [3.05, 3.63) is 71.8 Å². The number of nitrogens with one attached hydrogen (secondary N) is 2. The fourth-order valence-electron chi connectivity index (χ4n) is 2.50. The predicted molar refractivity (Wildman–Crippen MR) is 107 cm³/mol. The number of halogens is 1. The Kier molecular flexibility index (Phi) is 6.16. The van der Waals surface area contributed by atoms with E-state index in [9.17, 15) is 9.18 Å². The Bertz CT molecular complexity index is 961. The lowest BCUT2D eigenvalue weighted by Gasteiger charge is -2.10. The molecule has 0 aliphatic heterocycles. The molecule has 0 unspecified atom stereocenters. The zero-order valence-electron chi connectivity index (χ0n) is 15.7. The molecule has 0 aliphatic rings. The number of aromatic nitrogens is 2. The van der Waals surface area contributed by atoms with Gasteiger partial charge < -0.3 is 15.4 Å². The molecule has 0 radical (unpaired) electrons. The minimum absolute atomic E-state index is 0.262. The van der Waals surface area contributed by atoms with Crippen LogP contribution in [0.3, 0.4) is 0 Å². The van der Waals surface area contributed by atoms with E-state index in [4.69, 9.17) is 4.74 Å². The number of ether oxygens (including phenoxy) is 1. The van der Waals surface area contributed by atoms with Crippen molar-refractivity contribution in [1.82, 2.24) is 9.97 Å². The number of carbonyl (C=O) groups excluding carboxylic acids is 1. The standard InChI is InChI=1S/C21H21FN4O2/c1-3-11-28-20-13-19(23-14(2)24-20)25-17-7-9-18(10-8-17)26-21(27)15-5-4-6-16(22)12-15/h4-10,12-13H,3,11H2,1-2H3,(H,26,27)(H,23,24,25). The summed E-state index contributed by atoms with van der Waals surface area (Å²) in [6, 6.07) is 14.4. The first-order valence-electron chi connectivity index (χ1n) is 8.96. The Morgan fingerprint density at radius 3 is 2.54 bits per heavy atom. The first-order chi connectivity index (χ1) is 13.5. The van der Waals surface area contributed by atoms with Crippen LogP contribution in [0.1, 0.15) is 29.5 Å². The van der Waals surface area contributed by atoms with E-state index in [0.29, 0.717) is 29.8 Å². The van der Waals surface area contributed by atoms with Crippen molar-refractivity contribution >= 4 is 23.1 Å². The molecule has 28 heavy (non-hydrogen) atoms. The smallest absolute Gasteiger partial charge is 0.255 e. The number of amides is 1. The average Bonchev–Trinajstić information content (AvgIpc) is 2.67. The Morgan fingerprint density at radius 2 is 1.82 bits per heavy atom. The van der Waals surface area contributed by atoms with Crippen LogP contribution in [0.2, 0.25) is 0 Å². The van der Waals surface area contributed by atoms with Gasteiger partial charge in [0.1, 0.15) is 17.5 Å². The molecule has 2 aromatic carbocycles. The maximum atomic E-state index is 13.2. The molecule has 1 heterocycles. The topological polar surface area (TPSA) is 76.1 Å². The van der Waals surface area contributed by atoms with E-state index in [-0.39, 0.29) is 11.5 Å². The largest absolute Gasteiger partial charge is 0.478 e. The molecule has 3 aromatic rings. The van der Waals surface area contributed by atoms with E-state index in [1.54, 1.807) is 31.2 Å². The van der Waals surface area contributed by atoms with Crippen LogP contribution in [0.5, 0.6) is 5.88 Å². The number of rotatable bonds is 7. The van der Waals surface area contributed by atoms with Crippen LogP contribution in [-0.2, 0) is 0 Å². The maximum Gasteiger partial charge on any atom is 0.255 e. The maximum absolute atomic E-state index is 13.2. The minimum Gasteiger partial charge on any atom is -0.478 e. The molecule has 0 fully saturated rings. The second-order valence-electron chi connectivity index (χ2n) is 6.15. The number of aryl methyl sites for hydroxylation is 1. The van der Waals surface area contributed by atoms with Gasteiger partial charge in [-0.3, -0.25) is 4.79 Å². The second-order valence-corrected chi connectivity index (χ2v) is 6.15. The molecule has 0 spiro atoms. The molecule has 0 saturated carbocycles. The lowest BCUT2D eigenvalue weighted by atomic mass is 10.2. The SMILES string of the molecule is CCCOc1cc(Nc2ccc(NC(=O)c3cccc(F)c3)cc2)nc(C)n1. The summed E-state index contributed by atoms with van der Waals surface area (Å²) in [5.41, 5.74) is 1.66. The van der Waals surface area contributed by atoms with E-state index in [0.717, 1.165) is 12.1 Å². The van der Waals surface area contributed by atoms with Gasteiger partial charge in [-0.1, -0.05) is 13.0 Å². The van der Waals surface area contributed by atoms with Gasteiger partial charge in [-0.15, -0.1) is 0 Å². The summed E-state index contributed by atoms with van der Waals surface area (Å²) in [4.78, 5) is 20.8. The zero-order valence-corrected chi connectivity index (χ0v) is 15.7. The number of carbonyl (C=O) groups is 1. The number of nitrogens with zero attached hydrogens (tertiary/aromatic N) is 2. The molecular formula is C21H21FN4O2. The Labute approximate surface area is 162 Å². The van der Waals surface area contributed by atoms with Gasteiger partial charge in [0.25, 0.3) is 5.91 Å². The summed E-state index contributed by atoms with van der Waals surface area (Å²) >= 11 is 0. The van der Waals surface area contributed by atoms with Gasteiger partial charge >= 0.3 is 0 Å². The lowest BCUT2D eigenvalue weighted by Crippen LogP contribution is -2.12. The Hall–Kier alpha value is -3.48. The van der Waals surface area contributed by atoms with Crippen LogP contribution in [0.25, 0.3) is 0 Å². The quantitative estimate of drug-likeness (QED) is 0.621. The van der Waals surface area contributed by atoms with Crippen molar-refractivity contribution < 1.29 is 13.9 Å². The highest BCUT2D eigenvalue weighted by Gasteiger charge is 2.08. The van der Waals surface area contributed by atoms with E-state index < -0.39 is 5.82 Å². The summed E-state index contributed by atoms with van der Waals surface area (Å²) in [6.45, 7) is 4.42. The summed E-state index contributed by atoms with van der Waals surface area (Å²) in [5.74, 6) is 0.931. The number of hydrogen-bond donors (Lipinski definition) is 2. The van der Waals surface area contributed by atoms with Crippen LogP contribution >= 0.6 is 0 Å². The summed E-state index contributed by atoms with van der Waals surface area (Å²) in [5, 5.41) is 5.93. The third-order valence-electron chi connectivity index (χ3n) is 3.77. The monoisotopic (exact) mass is 380 g/mol. The third kappa shape index (κ3) is 5.26. The van der Waals surface area contributed by atoms with E-state index in [1.165, 1.54) is 18.2 Å². The van der Waals surface area contributed by atoms with E-state index in [1.807, 2.05) is 19.1 Å². The van der Waals surface area contributed by atoms with Crippen molar-refractivity contribution in [2.24, 2.45) is 0 Å². The summed E-state index contributed by atoms with van der Waals surface area (Å²) in [7, 11) is 0. The Balaban J connectivity index is 1.66. The van der Waals surface area contributed by atoms with Crippen molar-refractivity contribution in [3.63, 3.8) is 0 Å². The van der Waals surface area contributed by atoms with Crippen LogP contribution in [0.15, 0.2) is 54.6 Å². The fourth-order valence-corrected chi connectivity index (χ4v) is 2.50. The van der Waals surface area contributed by atoms with Crippen molar-refractivity contribution in [3.8, 4) is 5.88 Å². The van der Waals surface area contributed by atoms with Crippen LogP contribution in [-0.4, -0.2) is 22.5 Å². The predicted octanol–water partition coefficient (Wildman–Crippen LogP) is 4.71. The highest BCUT2D eigenvalue weighted by Crippen LogP contribution is 2.21. The van der Waals surface area contributed by atoms with Crippen LogP contribution in [0.4, 0.5) is 21.6 Å². The lowest BCUT2D eigenvalue weighted by molar-refractivity contribution is 0.102. The number of benzene rings is 2.